The number of hydrogen-bond acceptors (Lipinski definition) is 1. The highest BCUT2D eigenvalue weighted by atomic mass is 14.9. The second kappa shape index (κ2) is 6.41. The predicted octanol–water partition coefficient (Wildman–Crippen LogP) is 4.47. The Balaban J connectivity index is 1.92. The quantitative estimate of drug-likeness (QED) is 0.704. The summed E-state index contributed by atoms with van der Waals surface area (Å²) in [4.78, 5) is 0. The van der Waals surface area contributed by atoms with Gasteiger partial charge in [0, 0.05) is 6.04 Å². The third-order valence-electron chi connectivity index (χ3n) is 5.22. The first kappa shape index (κ1) is 14.4. The first-order valence-corrected chi connectivity index (χ1v) is 8.38. The van der Waals surface area contributed by atoms with E-state index < -0.39 is 0 Å². The molecule has 0 heterocycles. The standard InChI is InChI=1S/C17H33N/c1-5-10-18-17(13(4)11-12(2)3)16-14-8-6-7-9-15(14)16/h12-18H,5-11H2,1-4H3. The molecule has 18 heavy (non-hydrogen) atoms. The lowest BCUT2D eigenvalue weighted by atomic mass is 9.88. The Morgan fingerprint density at radius 2 is 1.67 bits per heavy atom. The van der Waals surface area contributed by atoms with E-state index in [1.54, 1.807) is 0 Å². The minimum Gasteiger partial charge on any atom is -0.313 e. The fourth-order valence-electron chi connectivity index (χ4n) is 4.50. The summed E-state index contributed by atoms with van der Waals surface area (Å²) in [6.07, 6.45) is 8.69. The summed E-state index contributed by atoms with van der Waals surface area (Å²) >= 11 is 0. The van der Waals surface area contributed by atoms with Gasteiger partial charge in [-0.05, 0) is 61.8 Å². The van der Waals surface area contributed by atoms with Crippen molar-refractivity contribution in [3.05, 3.63) is 0 Å². The highest BCUT2D eigenvalue weighted by molar-refractivity contribution is 5.05. The van der Waals surface area contributed by atoms with Crippen LogP contribution in [0, 0.1) is 29.6 Å². The highest BCUT2D eigenvalue weighted by Gasteiger charge is 2.54. The Labute approximate surface area is 114 Å². The third kappa shape index (κ3) is 3.29. The van der Waals surface area contributed by atoms with Crippen LogP contribution in [0.2, 0.25) is 0 Å². The van der Waals surface area contributed by atoms with Crippen molar-refractivity contribution in [3.63, 3.8) is 0 Å². The molecule has 0 bridgehead atoms. The van der Waals surface area contributed by atoms with Gasteiger partial charge in [-0.15, -0.1) is 0 Å². The van der Waals surface area contributed by atoms with E-state index >= 15 is 0 Å². The summed E-state index contributed by atoms with van der Waals surface area (Å²) in [5, 5.41) is 3.89. The van der Waals surface area contributed by atoms with Gasteiger partial charge < -0.3 is 5.32 Å². The smallest absolute Gasteiger partial charge is 0.0126 e. The van der Waals surface area contributed by atoms with Crippen LogP contribution in [0.1, 0.15) is 66.2 Å². The zero-order valence-corrected chi connectivity index (χ0v) is 12.9. The van der Waals surface area contributed by atoms with Crippen molar-refractivity contribution >= 4 is 0 Å². The van der Waals surface area contributed by atoms with E-state index in [-0.39, 0.29) is 0 Å². The number of rotatable bonds is 7. The van der Waals surface area contributed by atoms with Gasteiger partial charge in [-0.25, -0.2) is 0 Å². The van der Waals surface area contributed by atoms with Gasteiger partial charge in [0.15, 0.2) is 0 Å². The molecule has 0 aliphatic heterocycles. The fraction of sp³-hybridized carbons (Fsp3) is 1.00. The minimum absolute atomic E-state index is 0.806. The van der Waals surface area contributed by atoms with Crippen molar-refractivity contribution < 1.29 is 0 Å². The van der Waals surface area contributed by atoms with Crippen molar-refractivity contribution in [2.75, 3.05) is 6.54 Å². The largest absolute Gasteiger partial charge is 0.313 e. The third-order valence-corrected chi connectivity index (χ3v) is 5.22. The van der Waals surface area contributed by atoms with Crippen LogP contribution in [-0.4, -0.2) is 12.6 Å². The SMILES string of the molecule is CCCNC(C(C)CC(C)C)C1C2CCCCC21. The Bertz CT molecular complexity index is 236. The predicted molar refractivity (Wildman–Crippen MR) is 79.6 cm³/mol. The lowest BCUT2D eigenvalue weighted by Crippen LogP contribution is -2.39. The van der Waals surface area contributed by atoms with Gasteiger partial charge in [0.2, 0.25) is 0 Å². The van der Waals surface area contributed by atoms with Crippen molar-refractivity contribution in [2.45, 2.75) is 72.3 Å². The Hall–Kier alpha value is -0.0400. The van der Waals surface area contributed by atoms with E-state index in [0.29, 0.717) is 0 Å². The van der Waals surface area contributed by atoms with Gasteiger partial charge in [0.25, 0.3) is 0 Å². The van der Waals surface area contributed by atoms with Gasteiger partial charge in [-0.3, -0.25) is 0 Å². The van der Waals surface area contributed by atoms with E-state index in [1.807, 2.05) is 0 Å². The normalized spacial score (nSPS) is 34.2. The number of nitrogens with one attached hydrogen (secondary N) is 1. The Morgan fingerprint density at radius 1 is 1.06 bits per heavy atom. The molecular weight excluding hydrogens is 218 g/mol. The van der Waals surface area contributed by atoms with Crippen LogP contribution in [0.5, 0.6) is 0 Å². The Morgan fingerprint density at radius 3 is 2.17 bits per heavy atom. The van der Waals surface area contributed by atoms with Gasteiger partial charge in [-0.2, -0.15) is 0 Å². The first-order valence-electron chi connectivity index (χ1n) is 8.38. The van der Waals surface area contributed by atoms with E-state index in [0.717, 1.165) is 35.6 Å². The first-order chi connectivity index (χ1) is 8.65. The summed E-state index contributed by atoms with van der Waals surface area (Å²) in [5.41, 5.74) is 0. The molecule has 0 aromatic heterocycles. The maximum Gasteiger partial charge on any atom is 0.0126 e. The lowest BCUT2D eigenvalue weighted by Gasteiger charge is -2.27. The molecule has 4 unspecified atom stereocenters. The topological polar surface area (TPSA) is 12.0 Å². The summed E-state index contributed by atoms with van der Waals surface area (Å²) in [6.45, 7) is 10.7. The Kier molecular flexibility index (Phi) is 5.12. The van der Waals surface area contributed by atoms with E-state index in [9.17, 15) is 0 Å². The van der Waals surface area contributed by atoms with Gasteiger partial charge in [0.1, 0.15) is 0 Å². The van der Waals surface area contributed by atoms with Crippen molar-refractivity contribution in [1.29, 1.82) is 0 Å². The van der Waals surface area contributed by atoms with E-state index in [4.69, 9.17) is 0 Å². The minimum atomic E-state index is 0.806. The highest BCUT2D eigenvalue weighted by Crippen LogP contribution is 2.58. The molecule has 0 radical (unpaired) electrons. The molecule has 2 aliphatic rings. The molecule has 0 aromatic carbocycles. The molecule has 0 saturated heterocycles. The van der Waals surface area contributed by atoms with E-state index in [2.05, 4.69) is 33.0 Å². The van der Waals surface area contributed by atoms with Crippen molar-refractivity contribution in [3.8, 4) is 0 Å². The zero-order chi connectivity index (χ0) is 13.1. The molecule has 1 N–H and O–H groups in total. The zero-order valence-electron chi connectivity index (χ0n) is 12.9. The average molecular weight is 251 g/mol. The molecule has 0 amide bonds. The molecule has 1 heteroatoms. The molecular formula is C17H33N. The molecule has 106 valence electrons. The molecule has 2 saturated carbocycles. The van der Waals surface area contributed by atoms with Crippen LogP contribution in [0.15, 0.2) is 0 Å². The molecule has 2 aliphatic carbocycles. The molecule has 0 spiro atoms. The molecule has 2 fully saturated rings. The molecule has 1 nitrogen and oxygen atoms in total. The van der Waals surface area contributed by atoms with Crippen LogP contribution in [0.25, 0.3) is 0 Å². The van der Waals surface area contributed by atoms with Gasteiger partial charge in [-0.1, -0.05) is 40.5 Å². The number of fused-ring (bicyclic) bond motifs is 1. The second-order valence-corrected chi connectivity index (χ2v) is 7.28. The van der Waals surface area contributed by atoms with E-state index in [1.165, 1.54) is 45.1 Å². The maximum atomic E-state index is 3.89. The fourth-order valence-corrected chi connectivity index (χ4v) is 4.50. The van der Waals surface area contributed by atoms with Gasteiger partial charge in [0.05, 0.1) is 0 Å². The average Bonchev–Trinajstić information content (AvgIpc) is 3.03. The van der Waals surface area contributed by atoms with Crippen LogP contribution >= 0.6 is 0 Å². The molecule has 2 rings (SSSR count). The monoisotopic (exact) mass is 251 g/mol. The van der Waals surface area contributed by atoms with Crippen molar-refractivity contribution in [2.24, 2.45) is 29.6 Å². The molecule has 4 atom stereocenters. The second-order valence-electron chi connectivity index (χ2n) is 7.28. The van der Waals surface area contributed by atoms with Crippen LogP contribution in [0.3, 0.4) is 0 Å². The van der Waals surface area contributed by atoms with Crippen LogP contribution in [0.4, 0.5) is 0 Å². The maximum absolute atomic E-state index is 3.89. The lowest BCUT2D eigenvalue weighted by molar-refractivity contribution is 0.282. The summed E-state index contributed by atoms with van der Waals surface area (Å²) in [6, 6.07) is 0.806. The van der Waals surface area contributed by atoms with Crippen molar-refractivity contribution in [1.82, 2.24) is 5.32 Å². The molecule has 0 aromatic rings. The summed E-state index contributed by atoms with van der Waals surface area (Å²) in [5.74, 6) is 4.89. The summed E-state index contributed by atoms with van der Waals surface area (Å²) in [7, 11) is 0. The summed E-state index contributed by atoms with van der Waals surface area (Å²) < 4.78 is 0. The van der Waals surface area contributed by atoms with Crippen LogP contribution < -0.4 is 5.32 Å². The van der Waals surface area contributed by atoms with Crippen LogP contribution in [-0.2, 0) is 0 Å². The number of hydrogen-bond donors (Lipinski definition) is 1. The van der Waals surface area contributed by atoms with Gasteiger partial charge >= 0.3 is 0 Å².